The number of anilines is 1. The summed E-state index contributed by atoms with van der Waals surface area (Å²) in [7, 11) is 0. The molecule has 1 aromatic rings. The van der Waals surface area contributed by atoms with Crippen molar-refractivity contribution in [1.29, 1.82) is 0 Å². The number of likely N-dealkylation sites (tertiary alicyclic amines) is 1. The summed E-state index contributed by atoms with van der Waals surface area (Å²) in [6, 6.07) is 7.06. The van der Waals surface area contributed by atoms with E-state index in [1.54, 1.807) is 24.3 Å². The average Bonchev–Trinajstić information content (AvgIpc) is 3.13. The van der Waals surface area contributed by atoms with E-state index in [1.807, 2.05) is 4.90 Å². The molecule has 0 bridgehead atoms. The van der Waals surface area contributed by atoms with Gasteiger partial charge in [-0.3, -0.25) is 14.4 Å². The molecule has 0 aromatic heterocycles. The van der Waals surface area contributed by atoms with Gasteiger partial charge in [0.05, 0.1) is 17.2 Å². The zero-order valence-electron chi connectivity index (χ0n) is 14.2. The molecule has 0 spiro atoms. The van der Waals surface area contributed by atoms with E-state index in [0.717, 1.165) is 32.4 Å². The number of rotatable bonds is 4. The van der Waals surface area contributed by atoms with Crippen LogP contribution in [-0.4, -0.2) is 40.9 Å². The summed E-state index contributed by atoms with van der Waals surface area (Å²) < 4.78 is 0. The molecule has 2 N–H and O–H groups in total. The van der Waals surface area contributed by atoms with Gasteiger partial charge in [0.1, 0.15) is 0 Å². The number of aliphatic carboxylic acids is 1. The molecule has 1 heterocycles. The van der Waals surface area contributed by atoms with Crippen molar-refractivity contribution in [3.63, 3.8) is 0 Å². The number of benzene rings is 1. The normalized spacial score (nSPS) is 23.3. The van der Waals surface area contributed by atoms with Crippen molar-refractivity contribution < 1.29 is 19.5 Å². The van der Waals surface area contributed by atoms with Gasteiger partial charge < -0.3 is 15.3 Å². The minimum atomic E-state index is -0.837. The van der Waals surface area contributed by atoms with Crippen molar-refractivity contribution in [2.75, 3.05) is 18.4 Å². The number of carboxylic acids is 1. The molecule has 2 amide bonds. The van der Waals surface area contributed by atoms with E-state index >= 15 is 0 Å². The van der Waals surface area contributed by atoms with E-state index < -0.39 is 11.9 Å². The van der Waals surface area contributed by atoms with Crippen LogP contribution in [0.1, 0.15) is 48.9 Å². The van der Waals surface area contributed by atoms with E-state index in [1.165, 1.54) is 0 Å². The monoisotopic (exact) mass is 344 g/mol. The molecular weight excluding hydrogens is 320 g/mol. The van der Waals surface area contributed by atoms with Crippen molar-refractivity contribution in [1.82, 2.24) is 4.90 Å². The second kappa shape index (κ2) is 7.68. The molecule has 1 aliphatic heterocycles. The van der Waals surface area contributed by atoms with E-state index in [9.17, 15) is 14.4 Å². The fourth-order valence-electron chi connectivity index (χ4n) is 3.72. The summed E-state index contributed by atoms with van der Waals surface area (Å²) in [5.41, 5.74) is 1.02. The smallest absolute Gasteiger partial charge is 0.306 e. The van der Waals surface area contributed by atoms with E-state index in [-0.39, 0.29) is 17.7 Å². The number of nitrogens with one attached hydrogen (secondary N) is 1. The SMILES string of the molecule is O=C(O)[C@@H]1CC[C@H](C(=O)Nc2ccccc2C(=O)N2CCCCC2)C1. The molecule has 1 aromatic carbocycles. The van der Waals surface area contributed by atoms with Gasteiger partial charge in [0.15, 0.2) is 0 Å². The molecule has 134 valence electrons. The van der Waals surface area contributed by atoms with Crippen molar-refractivity contribution in [3.05, 3.63) is 29.8 Å². The first kappa shape index (κ1) is 17.5. The van der Waals surface area contributed by atoms with Gasteiger partial charge in [0.25, 0.3) is 5.91 Å². The van der Waals surface area contributed by atoms with Gasteiger partial charge in [-0.1, -0.05) is 12.1 Å². The third-order valence-corrected chi connectivity index (χ3v) is 5.21. The first-order valence-corrected chi connectivity index (χ1v) is 8.98. The predicted molar refractivity (Wildman–Crippen MR) is 93.3 cm³/mol. The van der Waals surface area contributed by atoms with Crippen LogP contribution in [0.2, 0.25) is 0 Å². The predicted octanol–water partition coefficient (Wildman–Crippen LogP) is 2.75. The maximum Gasteiger partial charge on any atom is 0.306 e. The highest BCUT2D eigenvalue weighted by Crippen LogP contribution is 2.32. The minimum Gasteiger partial charge on any atom is -0.481 e. The lowest BCUT2D eigenvalue weighted by Crippen LogP contribution is -2.36. The maximum absolute atomic E-state index is 12.8. The van der Waals surface area contributed by atoms with Gasteiger partial charge in [0, 0.05) is 19.0 Å². The van der Waals surface area contributed by atoms with Crippen molar-refractivity contribution in [2.45, 2.75) is 38.5 Å². The Morgan fingerprint density at radius 3 is 2.36 bits per heavy atom. The number of para-hydroxylation sites is 1. The van der Waals surface area contributed by atoms with Crippen LogP contribution >= 0.6 is 0 Å². The van der Waals surface area contributed by atoms with Crippen LogP contribution < -0.4 is 5.32 Å². The number of carboxylic acid groups (broad SMARTS) is 1. The first-order chi connectivity index (χ1) is 12.1. The van der Waals surface area contributed by atoms with Gasteiger partial charge >= 0.3 is 5.97 Å². The molecule has 6 heteroatoms. The summed E-state index contributed by atoms with van der Waals surface area (Å²) >= 11 is 0. The molecule has 1 aliphatic carbocycles. The molecule has 0 unspecified atom stereocenters. The lowest BCUT2D eigenvalue weighted by molar-refractivity contribution is -0.141. The van der Waals surface area contributed by atoms with Crippen molar-refractivity contribution in [2.24, 2.45) is 11.8 Å². The number of carbonyl (C=O) groups excluding carboxylic acids is 2. The highest BCUT2D eigenvalue weighted by atomic mass is 16.4. The van der Waals surface area contributed by atoms with Gasteiger partial charge in [-0.05, 0) is 50.7 Å². The summed E-state index contributed by atoms with van der Waals surface area (Å²) in [6.45, 7) is 1.51. The highest BCUT2D eigenvalue weighted by molar-refractivity contribution is 6.04. The fourth-order valence-corrected chi connectivity index (χ4v) is 3.72. The average molecular weight is 344 g/mol. The second-order valence-corrected chi connectivity index (χ2v) is 6.93. The van der Waals surface area contributed by atoms with Gasteiger partial charge in [-0.25, -0.2) is 0 Å². The molecule has 25 heavy (non-hydrogen) atoms. The molecule has 2 aliphatic rings. The lowest BCUT2D eigenvalue weighted by atomic mass is 10.0. The molecule has 2 fully saturated rings. The number of amides is 2. The Morgan fingerprint density at radius 1 is 1.00 bits per heavy atom. The number of hydrogen-bond acceptors (Lipinski definition) is 3. The Hall–Kier alpha value is -2.37. The van der Waals surface area contributed by atoms with Crippen LogP contribution in [-0.2, 0) is 9.59 Å². The van der Waals surface area contributed by atoms with Crippen LogP contribution in [0.5, 0.6) is 0 Å². The number of hydrogen-bond donors (Lipinski definition) is 2. The number of carbonyl (C=O) groups is 3. The topological polar surface area (TPSA) is 86.7 Å². The third kappa shape index (κ3) is 4.00. The molecule has 6 nitrogen and oxygen atoms in total. The van der Waals surface area contributed by atoms with E-state index in [0.29, 0.717) is 30.5 Å². The second-order valence-electron chi connectivity index (χ2n) is 6.93. The van der Waals surface area contributed by atoms with Gasteiger partial charge in [-0.2, -0.15) is 0 Å². The quantitative estimate of drug-likeness (QED) is 0.879. The Labute approximate surface area is 147 Å². The highest BCUT2D eigenvalue weighted by Gasteiger charge is 2.34. The molecule has 1 saturated heterocycles. The molecule has 2 atom stereocenters. The Morgan fingerprint density at radius 2 is 1.68 bits per heavy atom. The van der Waals surface area contributed by atoms with Crippen LogP contribution in [0.4, 0.5) is 5.69 Å². The van der Waals surface area contributed by atoms with Crippen LogP contribution in [0.15, 0.2) is 24.3 Å². The van der Waals surface area contributed by atoms with Gasteiger partial charge in [-0.15, -0.1) is 0 Å². The first-order valence-electron chi connectivity index (χ1n) is 8.98. The van der Waals surface area contributed by atoms with Crippen LogP contribution in [0, 0.1) is 11.8 Å². The summed E-state index contributed by atoms with van der Waals surface area (Å²) in [4.78, 5) is 38.2. The maximum atomic E-state index is 12.8. The summed E-state index contributed by atoms with van der Waals surface area (Å²) in [5.74, 6) is -1.83. The van der Waals surface area contributed by atoms with E-state index in [4.69, 9.17) is 5.11 Å². The van der Waals surface area contributed by atoms with E-state index in [2.05, 4.69) is 5.32 Å². The van der Waals surface area contributed by atoms with Crippen molar-refractivity contribution >= 4 is 23.5 Å². The molecule has 1 saturated carbocycles. The largest absolute Gasteiger partial charge is 0.481 e. The Kier molecular flexibility index (Phi) is 5.36. The van der Waals surface area contributed by atoms with Crippen molar-refractivity contribution in [3.8, 4) is 0 Å². The zero-order chi connectivity index (χ0) is 17.8. The molecule has 3 rings (SSSR count). The lowest BCUT2D eigenvalue weighted by Gasteiger charge is -2.27. The standard InChI is InChI=1S/C19H24N2O4/c22-17(13-8-9-14(12-13)19(24)25)20-16-7-3-2-6-15(16)18(23)21-10-4-1-5-11-21/h2-3,6-7,13-14H,1,4-5,8-12H2,(H,20,22)(H,24,25)/t13-,14+/m0/s1. The number of nitrogens with zero attached hydrogens (tertiary/aromatic N) is 1. The third-order valence-electron chi connectivity index (χ3n) is 5.21. The summed E-state index contributed by atoms with van der Waals surface area (Å²) in [6.07, 6.45) is 4.64. The van der Waals surface area contributed by atoms with Crippen LogP contribution in [0.3, 0.4) is 0 Å². The summed E-state index contributed by atoms with van der Waals surface area (Å²) in [5, 5.41) is 11.9. The number of piperidine rings is 1. The zero-order valence-corrected chi connectivity index (χ0v) is 14.2. The van der Waals surface area contributed by atoms with Crippen LogP contribution in [0.25, 0.3) is 0 Å². The molecule has 0 radical (unpaired) electrons. The molecular formula is C19H24N2O4. The Balaban J connectivity index is 1.69. The Bertz CT molecular complexity index is 667. The minimum absolute atomic E-state index is 0.0505. The van der Waals surface area contributed by atoms with Gasteiger partial charge in [0.2, 0.25) is 5.91 Å². The fraction of sp³-hybridized carbons (Fsp3) is 0.526.